The number of carboxylic acid groups (broad SMARTS) is 4. The van der Waals surface area contributed by atoms with Crippen molar-refractivity contribution in [2.75, 3.05) is 0 Å². The Morgan fingerprint density at radius 1 is 0.667 bits per heavy atom. The SMILES string of the molecule is CC(=O)O.CC(=O)O.O=C(O)[C@H](O)[C@@H](O)C(=O)O. The molecule has 10 nitrogen and oxygen atoms in total. The molecule has 0 radical (unpaired) electrons. The third-order valence-corrected chi connectivity index (χ3v) is 0.805. The van der Waals surface area contributed by atoms with E-state index in [1.807, 2.05) is 0 Å². The van der Waals surface area contributed by atoms with E-state index in [1.165, 1.54) is 0 Å². The summed E-state index contributed by atoms with van der Waals surface area (Å²) < 4.78 is 0. The highest BCUT2D eigenvalue weighted by atomic mass is 16.4. The molecule has 106 valence electrons. The summed E-state index contributed by atoms with van der Waals surface area (Å²) in [5.74, 6) is -5.20. The van der Waals surface area contributed by atoms with Crippen molar-refractivity contribution < 1.29 is 49.8 Å². The molecule has 0 saturated carbocycles. The number of hydrogen-bond donors (Lipinski definition) is 6. The fourth-order valence-corrected chi connectivity index (χ4v) is 0.270. The normalized spacial score (nSPS) is 11.6. The van der Waals surface area contributed by atoms with Crippen LogP contribution in [0.1, 0.15) is 13.8 Å². The summed E-state index contributed by atoms with van der Waals surface area (Å²) in [5, 5.41) is 47.4. The molecule has 0 spiro atoms. The second-order valence-corrected chi connectivity index (χ2v) is 2.60. The van der Waals surface area contributed by atoms with Gasteiger partial charge in [-0.05, 0) is 0 Å². The van der Waals surface area contributed by atoms with Crippen LogP contribution in [0.3, 0.4) is 0 Å². The van der Waals surface area contributed by atoms with E-state index < -0.39 is 36.1 Å². The third-order valence-electron chi connectivity index (χ3n) is 0.805. The highest BCUT2D eigenvalue weighted by Gasteiger charge is 2.29. The van der Waals surface area contributed by atoms with Gasteiger partial charge < -0.3 is 30.6 Å². The number of rotatable bonds is 3. The average Bonchev–Trinajstić information content (AvgIpc) is 2.13. The summed E-state index contributed by atoms with van der Waals surface area (Å²) in [6.45, 7) is 2.17. The molecule has 10 heteroatoms. The van der Waals surface area contributed by atoms with Gasteiger partial charge in [-0.25, -0.2) is 9.59 Å². The number of aliphatic hydroxyl groups excluding tert-OH is 2. The topological polar surface area (TPSA) is 190 Å². The summed E-state index contributed by atoms with van der Waals surface area (Å²) in [6, 6.07) is 0. The van der Waals surface area contributed by atoms with Crippen molar-refractivity contribution in [1.82, 2.24) is 0 Å². The van der Waals surface area contributed by atoms with Crippen LogP contribution in [0.5, 0.6) is 0 Å². The predicted molar refractivity (Wildman–Crippen MR) is 53.9 cm³/mol. The molecule has 0 bridgehead atoms. The zero-order chi connectivity index (χ0) is 15.5. The Hall–Kier alpha value is -2.20. The summed E-state index contributed by atoms with van der Waals surface area (Å²) in [4.78, 5) is 37.5. The summed E-state index contributed by atoms with van der Waals surface area (Å²) >= 11 is 0. The summed E-state index contributed by atoms with van der Waals surface area (Å²) in [7, 11) is 0. The van der Waals surface area contributed by atoms with Gasteiger partial charge in [0.05, 0.1) is 0 Å². The second kappa shape index (κ2) is 11.3. The van der Waals surface area contributed by atoms with E-state index in [-0.39, 0.29) is 0 Å². The number of aliphatic hydroxyl groups is 2. The van der Waals surface area contributed by atoms with Gasteiger partial charge in [0.15, 0.2) is 12.2 Å². The fourth-order valence-electron chi connectivity index (χ4n) is 0.270. The molecular formula is C8H14O10. The van der Waals surface area contributed by atoms with Crippen LogP contribution in [0.15, 0.2) is 0 Å². The van der Waals surface area contributed by atoms with Gasteiger partial charge in [-0.1, -0.05) is 0 Å². The molecular weight excluding hydrogens is 256 g/mol. The highest BCUT2D eigenvalue weighted by molar-refractivity contribution is 5.83. The standard InChI is InChI=1S/C4H6O6.2C2H4O2/c5-1(3(7)8)2(6)4(9)10;2*1-2(3)4/h1-2,5-6H,(H,7,8)(H,9,10);2*1H3,(H,3,4)/t1-,2-;;/m1../s1. The molecule has 0 aliphatic carbocycles. The number of hydrogen-bond acceptors (Lipinski definition) is 6. The minimum absolute atomic E-state index is 0.833. The van der Waals surface area contributed by atoms with Crippen LogP contribution in [0.25, 0.3) is 0 Å². The molecule has 18 heavy (non-hydrogen) atoms. The van der Waals surface area contributed by atoms with E-state index in [2.05, 4.69) is 0 Å². The smallest absolute Gasteiger partial charge is 0.335 e. The van der Waals surface area contributed by atoms with Gasteiger partial charge in [0.1, 0.15) is 0 Å². The molecule has 0 heterocycles. The van der Waals surface area contributed by atoms with Crippen molar-refractivity contribution in [2.24, 2.45) is 0 Å². The van der Waals surface area contributed by atoms with Crippen LogP contribution < -0.4 is 0 Å². The maximum atomic E-state index is 9.77. The maximum absolute atomic E-state index is 9.77. The maximum Gasteiger partial charge on any atom is 0.335 e. The molecule has 0 aliphatic rings. The van der Waals surface area contributed by atoms with E-state index >= 15 is 0 Å². The second-order valence-electron chi connectivity index (χ2n) is 2.60. The molecule has 0 amide bonds. The molecule has 0 rings (SSSR count). The number of aliphatic carboxylic acids is 4. The lowest BCUT2D eigenvalue weighted by Gasteiger charge is -2.07. The van der Waals surface area contributed by atoms with E-state index in [9.17, 15) is 9.59 Å². The van der Waals surface area contributed by atoms with Crippen molar-refractivity contribution in [3.63, 3.8) is 0 Å². The summed E-state index contributed by atoms with van der Waals surface area (Å²) in [5.41, 5.74) is 0. The van der Waals surface area contributed by atoms with Gasteiger partial charge in [0, 0.05) is 13.8 Å². The first-order valence-electron chi connectivity index (χ1n) is 4.14. The van der Waals surface area contributed by atoms with Crippen LogP contribution in [0, 0.1) is 0 Å². The minimum Gasteiger partial charge on any atom is -0.481 e. The number of carbonyl (C=O) groups is 4. The molecule has 0 aromatic carbocycles. The zero-order valence-corrected chi connectivity index (χ0v) is 9.47. The Balaban J connectivity index is -0.000000233. The fraction of sp³-hybridized carbons (Fsp3) is 0.500. The third kappa shape index (κ3) is 23.5. The van der Waals surface area contributed by atoms with Crippen molar-refractivity contribution in [3.8, 4) is 0 Å². The Labute approximate surface area is 101 Å². The zero-order valence-electron chi connectivity index (χ0n) is 9.47. The molecule has 0 aromatic rings. The van der Waals surface area contributed by atoms with E-state index in [0.29, 0.717) is 0 Å². The Morgan fingerprint density at radius 3 is 0.833 bits per heavy atom. The van der Waals surface area contributed by atoms with Crippen LogP contribution in [0.4, 0.5) is 0 Å². The molecule has 0 unspecified atom stereocenters. The van der Waals surface area contributed by atoms with Crippen LogP contribution >= 0.6 is 0 Å². The van der Waals surface area contributed by atoms with Gasteiger partial charge in [0.2, 0.25) is 0 Å². The first-order chi connectivity index (χ1) is 7.93. The first-order valence-corrected chi connectivity index (χ1v) is 4.14. The van der Waals surface area contributed by atoms with Gasteiger partial charge in [0.25, 0.3) is 11.9 Å². The Morgan fingerprint density at radius 2 is 0.778 bits per heavy atom. The van der Waals surface area contributed by atoms with Gasteiger partial charge in [-0.15, -0.1) is 0 Å². The highest BCUT2D eigenvalue weighted by Crippen LogP contribution is 1.92. The van der Waals surface area contributed by atoms with E-state index in [1.54, 1.807) is 0 Å². The molecule has 0 aliphatic heterocycles. The largest absolute Gasteiger partial charge is 0.481 e. The molecule has 2 atom stereocenters. The van der Waals surface area contributed by atoms with E-state index in [0.717, 1.165) is 13.8 Å². The van der Waals surface area contributed by atoms with Gasteiger partial charge in [-0.2, -0.15) is 0 Å². The van der Waals surface area contributed by atoms with Crippen LogP contribution in [0.2, 0.25) is 0 Å². The lowest BCUT2D eigenvalue weighted by Crippen LogP contribution is -2.39. The average molecular weight is 270 g/mol. The molecule has 0 fully saturated rings. The molecule has 0 saturated heterocycles. The van der Waals surface area contributed by atoms with Gasteiger partial charge >= 0.3 is 11.9 Å². The Kier molecular flexibility index (Phi) is 13.2. The summed E-state index contributed by atoms with van der Waals surface area (Å²) in [6.07, 6.45) is -4.53. The number of carboxylic acids is 4. The monoisotopic (exact) mass is 270 g/mol. The van der Waals surface area contributed by atoms with E-state index in [4.69, 9.17) is 40.2 Å². The minimum atomic E-state index is -2.27. The van der Waals surface area contributed by atoms with Crippen LogP contribution in [-0.4, -0.2) is 66.7 Å². The van der Waals surface area contributed by atoms with Crippen molar-refractivity contribution in [1.29, 1.82) is 0 Å². The van der Waals surface area contributed by atoms with Crippen LogP contribution in [-0.2, 0) is 19.2 Å². The molecule has 0 aromatic heterocycles. The first kappa shape index (κ1) is 21.1. The predicted octanol–water partition coefficient (Wildman–Crippen LogP) is -1.94. The van der Waals surface area contributed by atoms with Crippen molar-refractivity contribution in [2.45, 2.75) is 26.1 Å². The quantitative estimate of drug-likeness (QED) is 0.336. The lowest BCUT2D eigenvalue weighted by molar-refractivity contribution is -0.165. The van der Waals surface area contributed by atoms with Crippen molar-refractivity contribution >= 4 is 23.9 Å². The van der Waals surface area contributed by atoms with Gasteiger partial charge in [-0.3, -0.25) is 9.59 Å². The lowest BCUT2D eigenvalue weighted by atomic mass is 10.2. The Bertz CT molecular complexity index is 258. The van der Waals surface area contributed by atoms with Crippen molar-refractivity contribution in [3.05, 3.63) is 0 Å². The molecule has 6 N–H and O–H groups in total.